The molecule has 0 bridgehead atoms. The zero-order valence-corrected chi connectivity index (χ0v) is 18.4. The first-order valence-corrected chi connectivity index (χ1v) is 10.7. The third-order valence-corrected chi connectivity index (χ3v) is 5.12. The summed E-state index contributed by atoms with van der Waals surface area (Å²) in [5, 5.41) is 5.56. The molecule has 2 aromatic carbocycles. The number of carbonyl (C=O) groups excluding carboxylic acids is 1. The molecule has 0 radical (unpaired) electrons. The Bertz CT molecular complexity index is 1540. The molecule has 9 nitrogen and oxygen atoms in total. The van der Waals surface area contributed by atoms with Gasteiger partial charge in [0.15, 0.2) is 5.69 Å². The Kier molecular flexibility index (Phi) is 6.00. The highest BCUT2D eigenvalue weighted by atomic mass is 16.5. The van der Waals surface area contributed by atoms with E-state index in [1.807, 2.05) is 47.1 Å². The predicted molar refractivity (Wildman–Crippen MR) is 132 cm³/mol. The van der Waals surface area contributed by atoms with E-state index < -0.39 is 6.03 Å². The number of imidazole rings is 1. The third-order valence-electron chi connectivity index (χ3n) is 5.12. The number of anilines is 2. The summed E-state index contributed by atoms with van der Waals surface area (Å²) in [5.41, 5.74) is 4.61. The lowest BCUT2D eigenvalue weighted by molar-refractivity contribution is 0.262. The highest BCUT2D eigenvalue weighted by Crippen LogP contribution is 2.26. The zero-order valence-electron chi connectivity index (χ0n) is 18.4. The van der Waals surface area contributed by atoms with Crippen molar-refractivity contribution in [1.29, 1.82) is 0 Å². The number of carbonyl (C=O) groups is 1. The van der Waals surface area contributed by atoms with Gasteiger partial charge in [0.2, 0.25) is 5.65 Å². The predicted octanol–water partition coefficient (Wildman–Crippen LogP) is 5.57. The molecule has 3 heterocycles. The normalized spacial score (nSPS) is 10.5. The average molecular weight is 461 g/mol. The van der Waals surface area contributed by atoms with Gasteiger partial charge in [-0.05, 0) is 42.0 Å². The van der Waals surface area contributed by atoms with Crippen molar-refractivity contribution in [2.75, 3.05) is 10.6 Å². The van der Waals surface area contributed by atoms with E-state index in [0.29, 0.717) is 40.9 Å². The topological polar surface area (TPSA) is 97.8 Å². The van der Waals surface area contributed by atoms with Crippen LogP contribution in [0.15, 0.2) is 91.6 Å². The summed E-state index contributed by atoms with van der Waals surface area (Å²) in [6.07, 6.45) is 8.79. The standard InChI is InChI=1S/C26H19N7O2/c1-27-20-5-3-7-22(15-20)31-26(34)30-21-6-2-4-19(14-21)23-16-33-13-12-29-24(33)25(32-23)35-17-18-8-10-28-11-9-18/h2-16H,17H2,(H2,30,31,34). The Labute approximate surface area is 200 Å². The van der Waals surface area contributed by atoms with Crippen molar-refractivity contribution < 1.29 is 9.53 Å². The minimum Gasteiger partial charge on any atom is -0.470 e. The van der Waals surface area contributed by atoms with Crippen LogP contribution < -0.4 is 15.4 Å². The van der Waals surface area contributed by atoms with Gasteiger partial charge in [0.1, 0.15) is 6.61 Å². The first-order chi connectivity index (χ1) is 17.2. The molecule has 0 aliphatic heterocycles. The van der Waals surface area contributed by atoms with Crippen LogP contribution in [0.4, 0.5) is 21.9 Å². The van der Waals surface area contributed by atoms with Crippen molar-refractivity contribution in [3.8, 4) is 17.1 Å². The molecule has 2 N–H and O–H groups in total. The molecule has 0 fully saturated rings. The molecular weight excluding hydrogens is 442 g/mol. The van der Waals surface area contributed by atoms with Gasteiger partial charge in [-0.15, -0.1) is 0 Å². The number of nitrogens with zero attached hydrogens (tertiary/aromatic N) is 5. The quantitative estimate of drug-likeness (QED) is 0.323. The molecule has 0 unspecified atom stereocenters. The Morgan fingerprint density at radius 3 is 2.57 bits per heavy atom. The molecule has 0 spiro atoms. The summed E-state index contributed by atoms with van der Waals surface area (Å²) in [6.45, 7) is 7.44. The second-order valence-corrected chi connectivity index (χ2v) is 7.56. The van der Waals surface area contributed by atoms with Gasteiger partial charge >= 0.3 is 6.03 Å². The summed E-state index contributed by atoms with van der Waals surface area (Å²) in [5.74, 6) is 0.403. The van der Waals surface area contributed by atoms with E-state index in [0.717, 1.165) is 11.1 Å². The molecule has 0 saturated heterocycles. The maximum absolute atomic E-state index is 12.5. The number of benzene rings is 2. The third kappa shape index (κ3) is 5.07. The van der Waals surface area contributed by atoms with Crippen molar-refractivity contribution in [2.24, 2.45) is 0 Å². The monoisotopic (exact) mass is 461 g/mol. The highest BCUT2D eigenvalue weighted by molar-refractivity contribution is 6.00. The molecule has 3 aromatic heterocycles. The Hall–Kier alpha value is -5.23. The minimum absolute atomic E-state index is 0.331. The number of ether oxygens (including phenoxy) is 1. The maximum Gasteiger partial charge on any atom is 0.323 e. The van der Waals surface area contributed by atoms with Gasteiger partial charge in [-0.25, -0.2) is 19.6 Å². The Morgan fingerprint density at radius 1 is 1.00 bits per heavy atom. The van der Waals surface area contributed by atoms with Gasteiger partial charge in [0.05, 0.1) is 12.3 Å². The van der Waals surface area contributed by atoms with Crippen LogP contribution in [0.1, 0.15) is 5.56 Å². The van der Waals surface area contributed by atoms with Crippen molar-refractivity contribution in [3.63, 3.8) is 0 Å². The molecule has 0 aliphatic carbocycles. The van der Waals surface area contributed by atoms with E-state index in [1.54, 1.807) is 48.9 Å². The fourth-order valence-corrected chi connectivity index (χ4v) is 3.47. The van der Waals surface area contributed by atoms with Crippen LogP contribution in [0.25, 0.3) is 21.7 Å². The van der Waals surface area contributed by atoms with E-state index in [4.69, 9.17) is 11.3 Å². The molecule has 5 rings (SSSR count). The molecule has 9 heteroatoms. The molecule has 0 aliphatic rings. The summed E-state index contributed by atoms with van der Waals surface area (Å²) in [7, 11) is 0. The first-order valence-electron chi connectivity index (χ1n) is 10.7. The maximum atomic E-state index is 12.5. The lowest BCUT2D eigenvalue weighted by Crippen LogP contribution is -2.19. The average Bonchev–Trinajstić information content (AvgIpc) is 3.37. The second-order valence-electron chi connectivity index (χ2n) is 7.56. The fraction of sp³-hybridized carbons (Fsp3) is 0.0385. The van der Waals surface area contributed by atoms with Crippen molar-refractivity contribution in [2.45, 2.75) is 6.61 Å². The molecule has 5 aromatic rings. The number of rotatable bonds is 6. The highest BCUT2D eigenvalue weighted by Gasteiger charge is 2.12. The van der Waals surface area contributed by atoms with Crippen molar-refractivity contribution in [1.82, 2.24) is 19.4 Å². The summed E-state index contributed by atoms with van der Waals surface area (Å²) < 4.78 is 7.83. The number of hydrogen-bond donors (Lipinski definition) is 2. The van der Waals surface area contributed by atoms with E-state index in [-0.39, 0.29) is 0 Å². The van der Waals surface area contributed by atoms with Gasteiger partial charge in [-0.1, -0.05) is 24.3 Å². The van der Waals surface area contributed by atoms with E-state index >= 15 is 0 Å². The minimum atomic E-state index is -0.413. The van der Waals surface area contributed by atoms with Crippen LogP contribution in [0.5, 0.6) is 5.88 Å². The number of urea groups is 1. The van der Waals surface area contributed by atoms with E-state index in [2.05, 4.69) is 30.4 Å². The van der Waals surface area contributed by atoms with E-state index in [9.17, 15) is 4.79 Å². The number of fused-ring (bicyclic) bond motifs is 1. The van der Waals surface area contributed by atoms with Crippen LogP contribution >= 0.6 is 0 Å². The lowest BCUT2D eigenvalue weighted by atomic mass is 10.1. The molecule has 170 valence electrons. The van der Waals surface area contributed by atoms with Crippen LogP contribution in [0, 0.1) is 6.57 Å². The number of pyridine rings is 1. The first kappa shape index (κ1) is 21.6. The largest absolute Gasteiger partial charge is 0.470 e. The Balaban J connectivity index is 1.36. The number of nitrogens with one attached hydrogen (secondary N) is 2. The second kappa shape index (κ2) is 9.72. The van der Waals surface area contributed by atoms with Gasteiger partial charge in [-0.2, -0.15) is 0 Å². The summed E-state index contributed by atoms with van der Waals surface area (Å²) in [6, 6.07) is 17.4. The summed E-state index contributed by atoms with van der Waals surface area (Å²) >= 11 is 0. The van der Waals surface area contributed by atoms with Gasteiger partial charge < -0.3 is 19.8 Å². The van der Waals surface area contributed by atoms with Crippen LogP contribution in [-0.4, -0.2) is 25.4 Å². The molecule has 0 saturated carbocycles. The van der Waals surface area contributed by atoms with Gasteiger partial charge in [-0.3, -0.25) is 4.98 Å². The zero-order chi connectivity index (χ0) is 24.0. The lowest BCUT2D eigenvalue weighted by Gasteiger charge is -2.11. The SMILES string of the molecule is [C-]#[N+]c1cccc(NC(=O)Nc2cccc(-c3cn4ccnc4c(OCc4ccncc4)n3)c2)c1. The van der Waals surface area contributed by atoms with Crippen LogP contribution in [0.3, 0.4) is 0 Å². The smallest absolute Gasteiger partial charge is 0.323 e. The van der Waals surface area contributed by atoms with Crippen molar-refractivity contribution >= 4 is 28.7 Å². The molecule has 35 heavy (non-hydrogen) atoms. The number of aromatic nitrogens is 4. The number of amides is 2. The van der Waals surface area contributed by atoms with Crippen LogP contribution in [-0.2, 0) is 6.61 Å². The molecule has 0 atom stereocenters. The van der Waals surface area contributed by atoms with Crippen molar-refractivity contribution in [3.05, 3.63) is 109 Å². The van der Waals surface area contributed by atoms with Gasteiger partial charge in [0.25, 0.3) is 5.88 Å². The van der Waals surface area contributed by atoms with E-state index in [1.165, 1.54) is 0 Å². The fourth-order valence-electron chi connectivity index (χ4n) is 3.47. The van der Waals surface area contributed by atoms with Gasteiger partial charge in [0, 0.05) is 47.9 Å². The Morgan fingerprint density at radius 2 is 1.77 bits per heavy atom. The number of hydrogen-bond acceptors (Lipinski definition) is 5. The molecule has 2 amide bonds. The van der Waals surface area contributed by atoms with Crippen LogP contribution in [0.2, 0.25) is 0 Å². The molecular formula is C26H19N7O2. The summed E-state index contributed by atoms with van der Waals surface area (Å²) in [4.78, 5) is 28.9.